The zero-order valence-corrected chi connectivity index (χ0v) is 18.1. The molecule has 1 atom stereocenters. The Morgan fingerprint density at radius 1 is 1.00 bits per heavy atom. The number of halogens is 4. The van der Waals surface area contributed by atoms with Crippen LogP contribution in [0.4, 0.5) is 17.6 Å². The maximum atomic E-state index is 15.8. The summed E-state index contributed by atoms with van der Waals surface area (Å²) in [5, 5.41) is 6.06. The Morgan fingerprint density at radius 3 is 2.40 bits per heavy atom. The molecule has 2 aliphatic heterocycles. The van der Waals surface area contributed by atoms with E-state index in [0.717, 1.165) is 4.68 Å². The van der Waals surface area contributed by atoms with Gasteiger partial charge in [-0.05, 0) is 12.5 Å². The Bertz CT molecular complexity index is 1350. The van der Waals surface area contributed by atoms with Gasteiger partial charge in [0.15, 0.2) is 0 Å². The number of piperidine rings is 1. The fraction of sp³-hybridized carbons (Fsp3) is 0.250. The molecule has 180 valence electrons. The number of fused-ring (bicyclic) bond motifs is 1. The molecule has 7 nitrogen and oxygen atoms in total. The number of hydrogen-bond donors (Lipinski definition) is 1. The molecule has 1 fully saturated rings. The number of hydrogen-bond acceptors (Lipinski definition) is 4. The lowest BCUT2D eigenvalue weighted by atomic mass is 9.97. The molecule has 1 aromatic heterocycles. The van der Waals surface area contributed by atoms with Gasteiger partial charge in [0.1, 0.15) is 18.4 Å². The first-order chi connectivity index (χ1) is 16.6. The van der Waals surface area contributed by atoms with Crippen LogP contribution >= 0.6 is 0 Å². The highest BCUT2D eigenvalue weighted by Crippen LogP contribution is 2.39. The molecule has 1 unspecified atom stereocenters. The second kappa shape index (κ2) is 8.33. The molecule has 2 aromatic carbocycles. The molecule has 0 spiro atoms. The maximum absolute atomic E-state index is 15.8. The molecule has 3 heterocycles. The van der Waals surface area contributed by atoms with Gasteiger partial charge >= 0.3 is 6.18 Å². The summed E-state index contributed by atoms with van der Waals surface area (Å²) in [6.45, 7) is -1.55. The minimum atomic E-state index is -4.54. The van der Waals surface area contributed by atoms with Crippen molar-refractivity contribution >= 4 is 17.7 Å². The van der Waals surface area contributed by atoms with Gasteiger partial charge in [0.05, 0.1) is 18.4 Å². The number of carbonyl (C=O) groups is 3. The van der Waals surface area contributed by atoms with Gasteiger partial charge in [-0.1, -0.05) is 36.4 Å². The van der Waals surface area contributed by atoms with E-state index in [9.17, 15) is 27.6 Å². The van der Waals surface area contributed by atoms with Gasteiger partial charge in [0.2, 0.25) is 11.8 Å². The van der Waals surface area contributed by atoms with Crippen molar-refractivity contribution in [1.82, 2.24) is 20.0 Å². The van der Waals surface area contributed by atoms with E-state index >= 15 is 4.39 Å². The average Bonchev–Trinajstić information content (AvgIpc) is 3.35. The summed E-state index contributed by atoms with van der Waals surface area (Å²) in [7, 11) is 0. The Balaban J connectivity index is 1.56. The van der Waals surface area contributed by atoms with Crippen LogP contribution in [0.25, 0.3) is 22.4 Å². The average molecular weight is 486 g/mol. The number of rotatable bonds is 4. The summed E-state index contributed by atoms with van der Waals surface area (Å²) in [5.74, 6) is -2.37. The van der Waals surface area contributed by atoms with Crippen LogP contribution in [0.15, 0.2) is 48.7 Å². The lowest BCUT2D eigenvalue weighted by Crippen LogP contribution is -2.52. The van der Waals surface area contributed by atoms with E-state index < -0.39 is 42.3 Å². The van der Waals surface area contributed by atoms with Crippen LogP contribution in [0.2, 0.25) is 0 Å². The smallest absolute Gasteiger partial charge is 0.322 e. The largest absolute Gasteiger partial charge is 0.408 e. The number of nitrogens with one attached hydrogen (secondary N) is 1. The zero-order valence-electron chi connectivity index (χ0n) is 18.1. The van der Waals surface area contributed by atoms with Gasteiger partial charge in [-0.2, -0.15) is 18.3 Å². The summed E-state index contributed by atoms with van der Waals surface area (Å²) in [6, 6.07) is 10.0. The standard InChI is InChI=1S/C24H18F4N4O3/c25-20-14(16-10-29-32(12-24(26,27)28)21(16)13-4-2-1-3-5-13)6-7-15-17(20)11-31(23(15)35)18-8-9-19(33)30-22(18)34/h1-7,10,18H,8-9,11-12H2,(H,30,33,34). The predicted molar refractivity (Wildman–Crippen MR) is 115 cm³/mol. The number of amides is 3. The number of nitrogens with zero attached hydrogens (tertiary/aromatic N) is 3. The van der Waals surface area contributed by atoms with E-state index in [4.69, 9.17) is 0 Å². The highest BCUT2D eigenvalue weighted by molar-refractivity contribution is 6.05. The summed E-state index contributed by atoms with van der Waals surface area (Å²) in [4.78, 5) is 37.8. The normalized spacial score (nSPS) is 18.1. The molecule has 1 saturated heterocycles. The van der Waals surface area contributed by atoms with Crippen LogP contribution in [0, 0.1) is 5.82 Å². The van der Waals surface area contributed by atoms with Crippen LogP contribution in [0.5, 0.6) is 0 Å². The summed E-state index contributed by atoms with van der Waals surface area (Å²) >= 11 is 0. The van der Waals surface area contributed by atoms with Gasteiger partial charge in [0, 0.05) is 34.2 Å². The number of imide groups is 1. The van der Waals surface area contributed by atoms with Gasteiger partial charge < -0.3 is 4.90 Å². The number of aromatic nitrogens is 2. The number of alkyl halides is 3. The Morgan fingerprint density at radius 2 is 1.71 bits per heavy atom. The molecular weight excluding hydrogens is 468 g/mol. The van der Waals surface area contributed by atoms with Gasteiger partial charge in [-0.3, -0.25) is 24.4 Å². The summed E-state index contributed by atoms with van der Waals surface area (Å²) < 4.78 is 56.1. The van der Waals surface area contributed by atoms with Crippen molar-refractivity contribution in [1.29, 1.82) is 0 Å². The van der Waals surface area contributed by atoms with E-state index in [-0.39, 0.29) is 47.3 Å². The monoisotopic (exact) mass is 486 g/mol. The topological polar surface area (TPSA) is 84.3 Å². The third-order valence-corrected chi connectivity index (χ3v) is 6.16. The maximum Gasteiger partial charge on any atom is 0.408 e. The first-order valence-corrected chi connectivity index (χ1v) is 10.8. The first kappa shape index (κ1) is 22.8. The lowest BCUT2D eigenvalue weighted by molar-refractivity contribution is -0.142. The van der Waals surface area contributed by atoms with Crippen LogP contribution in [-0.2, 0) is 22.7 Å². The highest BCUT2D eigenvalue weighted by Gasteiger charge is 2.41. The van der Waals surface area contributed by atoms with Crippen molar-refractivity contribution in [2.75, 3.05) is 0 Å². The summed E-state index contributed by atoms with van der Waals surface area (Å²) in [6.07, 6.45) is -3.18. The molecule has 11 heteroatoms. The molecule has 3 amide bonds. The molecule has 0 radical (unpaired) electrons. The Labute approximate surface area is 196 Å². The van der Waals surface area contributed by atoms with E-state index in [2.05, 4.69) is 10.4 Å². The second-order valence-corrected chi connectivity index (χ2v) is 8.40. The third kappa shape index (κ3) is 4.07. The fourth-order valence-corrected chi connectivity index (χ4v) is 4.58. The fourth-order valence-electron chi connectivity index (χ4n) is 4.58. The van der Waals surface area contributed by atoms with Crippen molar-refractivity contribution < 1.29 is 31.9 Å². The zero-order chi connectivity index (χ0) is 24.9. The number of carbonyl (C=O) groups excluding carboxylic acids is 3. The van der Waals surface area contributed by atoms with Crippen molar-refractivity contribution in [2.24, 2.45) is 0 Å². The third-order valence-electron chi connectivity index (χ3n) is 6.16. The molecule has 0 aliphatic carbocycles. The van der Waals surface area contributed by atoms with Crippen LogP contribution in [0.3, 0.4) is 0 Å². The SMILES string of the molecule is O=C1CCC(N2Cc3c(ccc(-c4cnn(CC(F)(F)F)c4-c4ccccc4)c3F)C2=O)C(=O)N1. The second-order valence-electron chi connectivity index (χ2n) is 8.40. The Hall–Kier alpha value is -4.02. The molecule has 1 N–H and O–H groups in total. The van der Waals surface area contributed by atoms with Crippen molar-refractivity contribution in [3.8, 4) is 22.4 Å². The number of benzene rings is 2. The van der Waals surface area contributed by atoms with E-state index in [1.165, 1.54) is 23.2 Å². The predicted octanol–water partition coefficient (Wildman–Crippen LogP) is 3.68. The van der Waals surface area contributed by atoms with Gasteiger partial charge in [-0.25, -0.2) is 4.39 Å². The van der Waals surface area contributed by atoms with Crippen LogP contribution in [0.1, 0.15) is 28.8 Å². The van der Waals surface area contributed by atoms with E-state index in [1.807, 2.05) is 0 Å². The molecule has 0 bridgehead atoms. The molecule has 3 aromatic rings. The van der Waals surface area contributed by atoms with Gasteiger partial charge in [-0.15, -0.1) is 0 Å². The quantitative estimate of drug-likeness (QED) is 0.451. The van der Waals surface area contributed by atoms with Crippen molar-refractivity contribution in [3.63, 3.8) is 0 Å². The first-order valence-electron chi connectivity index (χ1n) is 10.8. The summed E-state index contributed by atoms with van der Waals surface area (Å²) in [5.41, 5.74) is 0.764. The molecule has 5 rings (SSSR count). The highest BCUT2D eigenvalue weighted by atomic mass is 19.4. The van der Waals surface area contributed by atoms with Crippen molar-refractivity contribution in [3.05, 3.63) is 65.6 Å². The van der Waals surface area contributed by atoms with E-state index in [0.29, 0.717) is 5.56 Å². The molecular formula is C24H18F4N4O3. The van der Waals surface area contributed by atoms with Crippen molar-refractivity contribution in [2.45, 2.75) is 38.1 Å². The lowest BCUT2D eigenvalue weighted by Gasteiger charge is -2.29. The van der Waals surface area contributed by atoms with Crippen LogP contribution in [-0.4, -0.2) is 44.6 Å². The molecule has 35 heavy (non-hydrogen) atoms. The minimum Gasteiger partial charge on any atom is -0.322 e. The minimum absolute atomic E-state index is 0.00560. The van der Waals surface area contributed by atoms with Gasteiger partial charge in [0.25, 0.3) is 5.91 Å². The van der Waals surface area contributed by atoms with Crippen LogP contribution < -0.4 is 5.32 Å². The molecule has 0 saturated carbocycles. The Kier molecular flexibility index (Phi) is 5.42. The van der Waals surface area contributed by atoms with E-state index in [1.54, 1.807) is 30.3 Å². The molecule has 2 aliphatic rings.